The van der Waals surface area contributed by atoms with Crippen LogP contribution in [0, 0.1) is 0 Å². The Labute approximate surface area is 210 Å². The van der Waals surface area contributed by atoms with Crippen LogP contribution in [0.3, 0.4) is 0 Å². The minimum absolute atomic E-state index is 0. The molecule has 176 valence electrons. The van der Waals surface area contributed by atoms with Gasteiger partial charge in [0.1, 0.15) is 0 Å². The van der Waals surface area contributed by atoms with Crippen LogP contribution in [-0.4, -0.2) is 46.0 Å². The summed E-state index contributed by atoms with van der Waals surface area (Å²) in [5, 5.41) is 3.30. The third kappa shape index (κ3) is 5.57. The Bertz CT molecular complexity index is 1220. The number of ether oxygens (including phenoxy) is 2. The molecular formula is C25H29AsClNO4S. The van der Waals surface area contributed by atoms with Crippen molar-refractivity contribution in [2.75, 3.05) is 20.8 Å². The van der Waals surface area contributed by atoms with E-state index in [1.807, 2.05) is 36.4 Å². The number of fused-ring (bicyclic) bond motifs is 1. The van der Waals surface area contributed by atoms with Gasteiger partial charge in [0, 0.05) is 0 Å². The standard InChI is InChI=1S/C25H28AsNO4S.ClH/c1-30-21-5-3-4-17(12-21)13-23(26)18-6-8-22(9-7-18)32(28,29)25-15-20-16-27-11-10-19(20)14-24(25)31-2;/h3-9,12,14-15,23,27H,10-11,13,16,26H2,1-2H3;1H. The van der Waals surface area contributed by atoms with E-state index in [0.717, 1.165) is 41.8 Å². The molecule has 8 heteroatoms. The van der Waals surface area contributed by atoms with Gasteiger partial charge in [-0.15, -0.1) is 12.4 Å². The summed E-state index contributed by atoms with van der Waals surface area (Å²) < 4.78 is 37.9. The van der Waals surface area contributed by atoms with E-state index >= 15 is 0 Å². The predicted octanol–water partition coefficient (Wildman–Crippen LogP) is 3.52. The molecule has 1 aliphatic rings. The summed E-state index contributed by atoms with van der Waals surface area (Å²) in [7, 11) is -0.502. The summed E-state index contributed by atoms with van der Waals surface area (Å²) in [4.78, 5) is 0.508. The number of sulfone groups is 1. The summed E-state index contributed by atoms with van der Waals surface area (Å²) in [6.45, 7) is 1.56. The summed E-state index contributed by atoms with van der Waals surface area (Å²) in [6, 6.07) is 19.0. The molecule has 3 aromatic carbocycles. The predicted molar refractivity (Wildman–Crippen MR) is 136 cm³/mol. The molecule has 3 aromatic rings. The van der Waals surface area contributed by atoms with Crippen molar-refractivity contribution < 1.29 is 17.9 Å². The molecule has 0 saturated carbocycles. The van der Waals surface area contributed by atoms with Gasteiger partial charge in [0.15, 0.2) is 0 Å². The first-order chi connectivity index (χ1) is 15.4. The third-order valence-electron chi connectivity index (χ3n) is 5.87. The van der Waals surface area contributed by atoms with Crippen molar-refractivity contribution in [3.63, 3.8) is 0 Å². The van der Waals surface area contributed by atoms with Crippen LogP contribution in [0.4, 0.5) is 0 Å². The number of benzene rings is 3. The third-order valence-corrected chi connectivity index (χ3v) is 8.96. The van der Waals surface area contributed by atoms with Gasteiger partial charge >= 0.3 is 199 Å². The van der Waals surface area contributed by atoms with E-state index in [9.17, 15) is 8.42 Å². The maximum atomic E-state index is 13.4. The Morgan fingerprint density at radius 2 is 1.76 bits per heavy atom. The molecule has 1 heterocycles. The van der Waals surface area contributed by atoms with Crippen molar-refractivity contribution in [1.82, 2.24) is 5.32 Å². The van der Waals surface area contributed by atoms with Crippen molar-refractivity contribution in [3.05, 3.63) is 82.9 Å². The molecule has 0 fully saturated rings. The summed E-state index contributed by atoms with van der Waals surface area (Å²) in [6.07, 6.45) is 1.74. The van der Waals surface area contributed by atoms with E-state index in [2.05, 4.69) is 11.4 Å². The van der Waals surface area contributed by atoms with Crippen molar-refractivity contribution in [1.29, 1.82) is 0 Å². The van der Waals surface area contributed by atoms with E-state index < -0.39 is 9.84 Å². The molecule has 0 bridgehead atoms. The first-order valence-electron chi connectivity index (χ1n) is 10.6. The number of rotatable bonds is 7. The fourth-order valence-corrected chi connectivity index (χ4v) is 6.54. The van der Waals surface area contributed by atoms with Crippen LogP contribution < -0.4 is 14.8 Å². The van der Waals surface area contributed by atoms with Crippen LogP contribution in [0.1, 0.15) is 27.0 Å². The Hall–Kier alpha value is -1.98. The van der Waals surface area contributed by atoms with Gasteiger partial charge in [-0.05, 0) is 0 Å². The van der Waals surface area contributed by atoms with Crippen LogP contribution in [0.5, 0.6) is 11.5 Å². The first kappa shape index (κ1) is 25.6. The fraction of sp³-hybridized carbons (Fsp3) is 0.280. The van der Waals surface area contributed by atoms with Crippen molar-refractivity contribution >= 4 is 39.1 Å². The summed E-state index contributed by atoms with van der Waals surface area (Å²) in [5.41, 5.74) is 4.47. The molecule has 33 heavy (non-hydrogen) atoms. The second kappa shape index (κ2) is 11.0. The molecule has 0 spiro atoms. The Morgan fingerprint density at radius 1 is 1.00 bits per heavy atom. The molecule has 0 radical (unpaired) electrons. The maximum Gasteiger partial charge on any atom is -0.147 e. The second-order valence-corrected chi connectivity index (χ2v) is 11.5. The van der Waals surface area contributed by atoms with Gasteiger partial charge in [-0.3, -0.25) is 0 Å². The molecule has 5 nitrogen and oxygen atoms in total. The number of nitrogens with one attached hydrogen (secondary N) is 1. The van der Waals surface area contributed by atoms with Gasteiger partial charge < -0.3 is 0 Å². The minimum Gasteiger partial charge on any atom is -0.147 e. The monoisotopic (exact) mass is 549 g/mol. The average molecular weight is 550 g/mol. The van der Waals surface area contributed by atoms with Gasteiger partial charge in [-0.2, -0.15) is 0 Å². The van der Waals surface area contributed by atoms with Crippen molar-refractivity contribution in [3.8, 4) is 11.5 Å². The van der Waals surface area contributed by atoms with Gasteiger partial charge in [-0.25, -0.2) is 0 Å². The van der Waals surface area contributed by atoms with E-state index in [-0.39, 0.29) is 22.2 Å². The minimum atomic E-state index is -3.69. The summed E-state index contributed by atoms with van der Waals surface area (Å²) >= 11 is 1.61. The smallest absolute Gasteiger partial charge is 0.147 e. The Kier molecular flexibility index (Phi) is 8.52. The normalized spacial score (nSPS) is 14.0. The van der Waals surface area contributed by atoms with Crippen molar-refractivity contribution in [2.45, 2.75) is 33.9 Å². The topological polar surface area (TPSA) is 64.6 Å². The second-order valence-electron chi connectivity index (χ2n) is 7.93. The molecule has 1 N–H and O–H groups in total. The van der Waals surface area contributed by atoms with Gasteiger partial charge in [0.2, 0.25) is 0 Å². The van der Waals surface area contributed by atoms with Crippen LogP contribution in [0.15, 0.2) is 70.5 Å². The van der Waals surface area contributed by atoms with E-state index in [4.69, 9.17) is 9.47 Å². The molecule has 0 saturated heterocycles. The first-order valence-corrected chi connectivity index (χ1v) is 13.4. The van der Waals surface area contributed by atoms with Crippen LogP contribution in [-0.2, 0) is 29.2 Å². The Balaban J connectivity index is 0.00000306. The number of halogens is 1. The molecule has 2 unspecified atom stereocenters. The fourth-order valence-electron chi connectivity index (χ4n) is 4.05. The zero-order valence-electron chi connectivity index (χ0n) is 18.7. The van der Waals surface area contributed by atoms with Gasteiger partial charge in [0.25, 0.3) is 0 Å². The molecule has 2 atom stereocenters. The van der Waals surface area contributed by atoms with Gasteiger partial charge in [-0.1, -0.05) is 0 Å². The molecular weight excluding hydrogens is 521 g/mol. The summed E-state index contributed by atoms with van der Waals surface area (Å²) in [5.74, 6) is 1.25. The Morgan fingerprint density at radius 3 is 2.45 bits per heavy atom. The number of hydrogen-bond acceptors (Lipinski definition) is 5. The average Bonchev–Trinajstić information content (AvgIpc) is 2.83. The van der Waals surface area contributed by atoms with Crippen molar-refractivity contribution in [2.24, 2.45) is 0 Å². The van der Waals surface area contributed by atoms with E-state index in [0.29, 0.717) is 17.0 Å². The van der Waals surface area contributed by atoms with Crippen LogP contribution >= 0.6 is 12.4 Å². The van der Waals surface area contributed by atoms with Crippen LogP contribution in [0.2, 0.25) is 0 Å². The quantitative estimate of drug-likeness (QED) is 0.457. The maximum absolute atomic E-state index is 13.4. The zero-order chi connectivity index (χ0) is 22.7. The van der Waals surface area contributed by atoms with Crippen LogP contribution in [0.25, 0.3) is 0 Å². The molecule has 4 rings (SSSR count). The zero-order valence-corrected chi connectivity index (χ0v) is 22.8. The largest absolute Gasteiger partial charge is 0.147 e. The molecule has 0 aromatic heterocycles. The molecule has 1 aliphatic heterocycles. The molecule has 0 aliphatic carbocycles. The van der Waals surface area contributed by atoms with E-state index in [1.165, 1.54) is 12.7 Å². The SMILES string of the molecule is COc1cccc(CC([AsH2])c2ccc(S(=O)(=O)c3cc4c(cc3OC)CCNC4)cc2)c1.Cl. The van der Waals surface area contributed by atoms with Gasteiger partial charge in [0.05, 0.1) is 0 Å². The number of hydrogen-bond donors (Lipinski definition) is 1. The number of methoxy groups -OCH3 is 2. The molecule has 0 amide bonds. The van der Waals surface area contributed by atoms with E-state index in [1.54, 1.807) is 42.2 Å².